The van der Waals surface area contributed by atoms with Gasteiger partial charge in [-0.3, -0.25) is 4.79 Å². The van der Waals surface area contributed by atoms with Gasteiger partial charge in [0, 0.05) is 9.92 Å². The Morgan fingerprint density at radius 2 is 2.08 bits per heavy atom. The second kappa shape index (κ2) is 9.80. The summed E-state index contributed by atoms with van der Waals surface area (Å²) in [5, 5.41) is 4.63. The van der Waals surface area contributed by atoms with Crippen LogP contribution in [0.15, 0.2) is 71.2 Å². The first-order chi connectivity index (χ1) is 11.7. The summed E-state index contributed by atoms with van der Waals surface area (Å²) in [5.41, 5.74) is 3.34. The zero-order valence-electron chi connectivity index (χ0n) is 12.9. The molecule has 0 radical (unpaired) electrons. The molecule has 2 aromatic carbocycles. The average molecular weight is 361 g/mol. The highest BCUT2D eigenvalue weighted by atomic mass is 35.5. The van der Waals surface area contributed by atoms with Gasteiger partial charge in [0.1, 0.15) is 12.4 Å². The van der Waals surface area contributed by atoms with Crippen LogP contribution in [0.1, 0.15) is 5.56 Å². The standard InChI is InChI=1S/C18H17ClN2O2S/c1-2-10-23-16-5-3-4-14(11-16)12-20-21-18(22)13-24-17-8-6-15(19)7-9-17/h2-9,11-12H,1,10,13H2,(H,21,22). The van der Waals surface area contributed by atoms with Crippen LogP contribution in [0.2, 0.25) is 5.02 Å². The quantitative estimate of drug-likeness (QED) is 0.333. The van der Waals surface area contributed by atoms with E-state index < -0.39 is 0 Å². The molecule has 4 nitrogen and oxygen atoms in total. The topological polar surface area (TPSA) is 50.7 Å². The van der Waals surface area contributed by atoms with E-state index in [4.69, 9.17) is 16.3 Å². The summed E-state index contributed by atoms with van der Waals surface area (Å²) in [6.07, 6.45) is 3.25. The van der Waals surface area contributed by atoms with E-state index in [-0.39, 0.29) is 11.7 Å². The molecule has 24 heavy (non-hydrogen) atoms. The van der Waals surface area contributed by atoms with Crippen LogP contribution in [0, 0.1) is 0 Å². The molecule has 124 valence electrons. The molecule has 0 unspecified atom stereocenters. The zero-order valence-corrected chi connectivity index (χ0v) is 14.5. The Balaban J connectivity index is 1.79. The van der Waals surface area contributed by atoms with E-state index in [0.717, 1.165) is 16.2 Å². The maximum Gasteiger partial charge on any atom is 0.250 e. The molecule has 0 heterocycles. The van der Waals surface area contributed by atoms with Gasteiger partial charge in [0.25, 0.3) is 0 Å². The van der Waals surface area contributed by atoms with Crippen molar-refractivity contribution in [1.82, 2.24) is 5.43 Å². The Hall–Kier alpha value is -2.24. The number of rotatable bonds is 8. The lowest BCUT2D eigenvalue weighted by Crippen LogP contribution is -2.19. The number of halogens is 1. The predicted molar refractivity (Wildman–Crippen MR) is 100 cm³/mol. The molecule has 1 amide bonds. The summed E-state index contributed by atoms with van der Waals surface area (Å²) in [4.78, 5) is 12.8. The molecule has 2 rings (SSSR count). The van der Waals surface area contributed by atoms with Gasteiger partial charge >= 0.3 is 0 Å². The first kappa shape index (κ1) is 18.1. The van der Waals surface area contributed by atoms with E-state index in [2.05, 4.69) is 17.1 Å². The Morgan fingerprint density at radius 3 is 2.83 bits per heavy atom. The average Bonchev–Trinajstić information content (AvgIpc) is 2.60. The van der Waals surface area contributed by atoms with Crippen LogP contribution in [-0.4, -0.2) is 24.5 Å². The highest BCUT2D eigenvalue weighted by molar-refractivity contribution is 8.00. The third kappa shape index (κ3) is 6.48. The van der Waals surface area contributed by atoms with Crippen LogP contribution in [0.4, 0.5) is 0 Å². The van der Waals surface area contributed by atoms with Crippen LogP contribution in [0.5, 0.6) is 5.75 Å². The van der Waals surface area contributed by atoms with Gasteiger partial charge in [-0.25, -0.2) is 5.43 Å². The van der Waals surface area contributed by atoms with Crippen molar-refractivity contribution in [3.05, 3.63) is 71.8 Å². The van der Waals surface area contributed by atoms with E-state index in [0.29, 0.717) is 11.6 Å². The molecular formula is C18H17ClN2O2S. The molecule has 0 aliphatic heterocycles. The fourth-order valence-electron chi connectivity index (χ4n) is 1.73. The second-order valence-corrected chi connectivity index (χ2v) is 6.19. The molecule has 0 aromatic heterocycles. The summed E-state index contributed by atoms with van der Waals surface area (Å²) in [5.74, 6) is 0.829. The molecule has 0 atom stereocenters. The lowest BCUT2D eigenvalue weighted by Gasteiger charge is -2.03. The number of hydrogen-bond acceptors (Lipinski definition) is 4. The van der Waals surface area contributed by atoms with Gasteiger partial charge in [-0.2, -0.15) is 5.10 Å². The molecule has 6 heteroatoms. The number of amides is 1. The lowest BCUT2D eigenvalue weighted by molar-refractivity contribution is -0.118. The van der Waals surface area contributed by atoms with E-state index in [1.165, 1.54) is 11.8 Å². The van der Waals surface area contributed by atoms with Crippen molar-refractivity contribution in [3.8, 4) is 5.75 Å². The van der Waals surface area contributed by atoms with Crippen LogP contribution in [-0.2, 0) is 4.79 Å². The molecular weight excluding hydrogens is 344 g/mol. The Labute approximate surface area is 150 Å². The van der Waals surface area contributed by atoms with E-state index >= 15 is 0 Å². The molecule has 0 aliphatic rings. The third-order valence-electron chi connectivity index (χ3n) is 2.81. The van der Waals surface area contributed by atoms with Crippen molar-refractivity contribution in [2.75, 3.05) is 12.4 Å². The van der Waals surface area contributed by atoms with Crippen molar-refractivity contribution in [2.24, 2.45) is 5.10 Å². The summed E-state index contributed by atoms with van der Waals surface area (Å²) in [6.45, 7) is 4.05. The van der Waals surface area contributed by atoms with Gasteiger partial charge in [-0.05, 0) is 42.0 Å². The number of thioether (sulfide) groups is 1. The number of carbonyl (C=O) groups excluding carboxylic acids is 1. The molecule has 0 saturated carbocycles. The molecule has 0 aliphatic carbocycles. The Kier molecular flexibility index (Phi) is 7.39. The highest BCUT2D eigenvalue weighted by Crippen LogP contribution is 2.19. The fraction of sp³-hybridized carbons (Fsp3) is 0.111. The van der Waals surface area contributed by atoms with Crippen molar-refractivity contribution < 1.29 is 9.53 Å². The van der Waals surface area contributed by atoms with Gasteiger partial charge in [0.15, 0.2) is 0 Å². The van der Waals surface area contributed by atoms with Crippen LogP contribution >= 0.6 is 23.4 Å². The molecule has 0 spiro atoms. The number of ether oxygens (including phenoxy) is 1. The Morgan fingerprint density at radius 1 is 1.29 bits per heavy atom. The maximum absolute atomic E-state index is 11.8. The SMILES string of the molecule is C=CCOc1cccc(C=NNC(=O)CSc2ccc(Cl)cc2)c1. The van der Waals surface area contributed by atoms with Crippen molar-refractivity contribution in [2.45, 2.75) is 4.90 Å². The Bertz CT molecular complexity index is 717. The van der Waals surface area contributed by atoms with Gasteiger partial charge in [-0.15, -0.1) is 11.8 Å². The number of carbonyl (C=O) groups is 1. The van der Waals surface area contributed by atoms with E-state index in [1.54, 1.807) is 24.4 Å². The summed E-state index contributed by atoms with van der Waals surface area (Å²) in [6, 6.07) is 14.7. The molecule has 0 bridgehead atoms. The molecule has 1 N–H and O–H groups in total. The van der Waals surface area contributed by atoms with E-state index in [9.17, 15) is 4.79 Å². The third-order valence-corrected chi connectivity index (χ3v) is 4.08. The predicted octanol–water partition coefficient (Wildman–Crippen LogP) is 4.15. The number of nitrogens with zero attached hydrogens (tertiary/aromatic N) is 1. The first-order valence-corrected chi connectivity index (χ1v) is 8.58. The lowest BCUT2D eigenvalue weighted by atomic mass is 10.2. The molecule has 0 fully saturated rings. The minimum Gasteiger partial charge on any atom is -0.490 e. The largest absolute Gasteiger partial charge is 0.490 e. The maximum atomic E-state index is 11.8. The van der Waals surface area contributed by atoms with Gasteiger partial charge in [-0.1, -0.05) is 36.4 Å². The minimum atomic E-state index is -0.176. The number of hydrogen-bond donors (Lipinski definition) is 1. The number of nitrogens with one attached hydrogen (secondary N) is 1. The zero-order chi connectivity index (χ0) is 17.2. The van der Waals surface area contributed by atoms with Gasteiger partial charge < -0.3 is 4.74 Å². The van der Waals surface area contributed by atoms with Crippen LogP contribution < -0.4 is 10.2 Å². The smallest absolute Gasteiger partial charge is 0.250 e. The van der Waals surface area contributed by atoms with E-state index in [1.807, 2.05) is 36.4 Å². The van der Waals surface area contributed by atoms with Crippen LogP contribution in [0.25, 0.3) is 0 Å². The number of hydrazone groups is 1. The fourth-order valence-corrected chi connectivity index (χ4v) is 2.55. The first-order valence-electron chi connectivity index (χ1n) is 7.21. The van der Waals surface area contributed by atoms with Crippen molar-refractivity contribution >= 4 is 35.5 Å². The van der Waals surface area contributed by atoms with Crippen LogP contribution in [0.3, 0.4) is 0 Å². The van der Waals surface area contributed by atoms with Crippen molar-refractivity contribution in [1.29, 1.82) is 0 Å². The molecule has 2 aromatic rings. The summed E-state index contributed by atoms with van der Waals surface area (Å²) in [7, 11) is 0. The monoisotopic (exact) mass is 360 g/mol. The van der Waals surface area contributed by atoms with Crippen molar-refractivity contribution in [3.63, 3.8) is 0 Å². The van der Waals surface area contributed by atoms with Gasteiger partial charge in [0.05, 0.1) is 12.0 Å². The second-order valence-electron chi connectivity index (χ2n) is 4.71. The summed E-state index contributed by atoms with van der Waals surface area (Å²) >= 11 is 7.24. The molecule has 0 saturated heterocycles. The number of benzene rings is 2. The summed E-state index contributed by atoms with van der Waals surface area (Å²) < 4.78 is 5.44. The van der Waals surface area contributed by atoms with Gasteiger partial charge in [0.2, 0.25) is 5.91 Å². The minimum absolute atomic E-state index is 0.176. The highest BCUT2D eigenvalue weighted by Gasteiger charge is 2.01. The normalized spacial score (nSPS) is 10.5.